The first-order valence-corrected chi connectivity index (χ1v) is 5.02. The van der Waals surface area contributed by atoms with Crippen LogP contribution >= 0.6 is 0 Å². The Hall–Kier alpha value is -1.77. The molecule has 2 heterocycles. The molecule has 0 spiro atoms. The van der Waals surface area contributed by atoms with Crippen molar-refractivity contribution in [1.29, 1.82) is 0 Å². The third kappa shape index (κ3) is 2.18. The fraction of sp³-hybridized carbons (Fsp3) is 0.250. The van der Waals surface area contributed by atoms with Crippen molar-refractivity contribution in [3.05, 3.63) is 42.1 Å². The van der Waals surface area contributed by atoms with Crippen molar-refractivity contribution in [3.8, 4) is 11.3 Å². The lowest BCUT2D eigenvalue weighted by Crippen LogP contribution is -1.92. The second-order valence-electron chi connectivity index (χ2n) is 3.50. The molecule has 76 valence electrons. The van der Waals surface area contributed by atoms with Crippen LogP contribution in [0.15, 0.2) is 30.9 Å². The number of aryl methyl sites for hydroxylation is 2. The van der Waals surface area contributed by atoms with Crippen LogP contribution in [-0.4, -0.2) is 15.0 Å². The molecule has 0 unspecified atom stereocenters. The Kier molecular flexibility index (Phi) is 2.72. The first-order valence-electron chi connectivity index (χ1n) is 5.02. The summed E-state index contributed by atoms with van der Waals surface area (Å²) in [5.41, 5.74) is 4.19. The molecule has 0 saturated heterocycles. The zero-order valence-corrected chi connectivity index (χ0v) is 8.94. The summed E-state index contributed by atoms with van der Waals surface area (Å²) in [6.45, 7) is 4.11. The predicted octanol–water partition coefficient (Wildman–Crippen LogP) is 2.41. The highest BCUT2D eigenvalue weighted by Gasteiger charge is 2.01. The van der Waals surface area contributed by atoms with Crippen molar-refractivity contribution in [2.24, 2.45) is 0 Å². The number of nitrogens with zero attached hydrogens (tertiary/aromatic N) is 3. The summed E-state index contributed by atoms with van der Waals surface area (Å²) in [5.74, 6) is 0. The first kappa shape index (κ1) is 9.77. The average molecular weight is 199 g/mol. The SMILES string of the molecule is CCc1cc(-c2cncc(C)c2)ncn1. The van der Waals surface area contributed by atoms with E-state index >= 15 is 0 Å². The van der Waals surface area contributed by atoms with Crippen LogP contribution in [0.5, 0.6) is 0 Å². The van der Waals surface area contributed by atoms with Gasteiger partial charge in [-0.15, -0.1) is 0 Å². The van der Waals surface area contributed by atoms with Gasteiger partial charge in [0.1, 0.15) is 6.33 Å². The van der Waals surface area contributed by atoms with Crippen LogP contribution in [0.2, 0.25) is 0 Å². The molecule has 15 heavy (non-hydrogen) atoms. The smallest absolute Gasteiger partial charge is 0.116 e. The Balaban J connectivity index is 2.44. The maximum atomic E-state index is 4.25. The minimum atomic E-state index is 0.925. The van der Waals surface area contributed by atoms with E-state index in [9.17, 15) is 0 Å². The maximum Gasteiger partial charge on any atom is 0.116 e. The van der Waals surface area contributed by atoms with E-state index in [-0.39, 0.29) is 0 Å². The van der Waals surface area contributed by atoms with Crippen LogP contribution in [0.3, 0.4) is 0 Å². The summed E-state index contributed by atoms with van der Waals surface area (Å²) >= 11 is 0. The van der Waals surface area contributed by atoms with Crippen molar-refractivity contribution in [3.63, 3.8) is 0 Å². The van der Waals surface area contributed by atoms with E-state index in [2.05, 4.69) is 27.9 Å². The molecule has 0 aliphatic rings. The van der Waals surface area contributed by atoms with Crippen molar-refractivity contribution in [1.82, 2.24) is 15.0 Å². The highest BCUT2D eigenvalue weighted by atomic mass is 14.8. The Morgan fingerprint density at radius 1 is 1.13 bits per heavy atom. The minimum absolute atomic E-state index is 0.925. The summed E-state index contributed by atoms with van der Waals surface area (Å²) in [4.78, 5) is 12.6. The highest BCUT2D eigenvalue weighted by Crippen LogP contribution is 2.16. The summed E-state index contributed by atoms with van der Waals surface area (Å²) in [5, 5.41) is 0. The van der Waals surface area contributed by atoms with E-state index < -0.39 is 0 Å². The Morgan fingerprint density at radius 3 is 2.73 bits per heavy atom. The summed E-state index contributed by atoms with van der Waals surface area (Å²) in [6.07, 6.45) is 6.20. The van der Waals surface area contributed by atoms with Gasteiger partial charge in [-0.25, -0.2) is 9.97 Å². The molecule has 0 bridgehead atoms. The Morgan fingerprint density at radius 2 is 2.00 bits per heavy atom. The third-order valence-corrected chi connectivity index (χ3v) is 2.26. The topological polar surface area (TPSA) is 38.7 Å². The molecule has 2 aromatic rings. The zero-order chi connectivity index (χ0) is 10.7. The molecule has 0 aromatic carbocycles. The van der Waals surface area contributed by atoms with Crippen LogP contribution < -0.4 is 0 Å². The van der Waals surface area contributed by atoms with E-state index in [1.807, 2.05) is 25.4 Å². The van der Waals surface area contributed by atoms with Gasteiger partial charge in [-0.2, -0.15) is 0 Å². The first-order chi connectivity index (χ1) is 7.29. The van der Waals surface area contributed by atoms with Gasteiger partial charge in [0, 0.05) is 23.7 Å². The van der Waals surface area contributed by atoms with Gasteiger partial charge in [0.25, 0.3) is 0 Å². The quantitative estimate of drug-likeness (QED) is 0.745. The van der Waals surface area contributed by atoms with Gasteiger partial charge >= 0.3 is 0 Å². The van der Waals surface area contributed by atoms with Crippen LogP contribution in [0.1, 0.15) is 18.2 Å². The fourth-order valence-corrected chi connectivity index (χ4v) is 1.44. The standard InChI is InChI=1S/C12H13N3/c1-3-11-5-12(15-8-14-11)10-4-9(2)6-13-7-10/h4-8H,3H2,1-2H3. The molecule has 0 amide bonds. The lowest BCUT2D eigenvalue weighted by molar-refractivity contribution is 1.00. The second kappa shape index (κ2) is 4.17. The van der Waals surface area contributed by atoms with Gasteiger partial charge in [-0.1, -0.05) is 6.92 Å². The maximum absolute atomic E-state index is 4.25. The number of pyridine rings is 1. The largest absolute Gasteiger partial charge is 0.264 e. The van der Waals surface area contributed by atoms with Crippen LogP contribution in [0.25, 0.3) is 11.3 Å². The second-order valence-corrected chi connectivity index (χ2v) is 3.50. The third-order valence-electron chi connectivity index (χ3n) is 2.26. The normalized spacial score (nSPS) is 10.3. The predicted molar refractivity (Wildman–Crippen MR) is 59.4 cm³/mol. The van der Waals surface area contributed by atoms with Gasteiger partial charge in [-0.3, -0.25) is 4.98 Å². The molecule has 0 fully saturated rings. The molecule has 2 aromatic heterocycles. The molecule has 0 N–H and O–H groups in total. The van der Waals surface area contributed by atoms with Crippen LogP contribution in [0.4, 0.5) is 0 Å². The lowest BCUT2D eigenvalue weighted by atomic mass is 10.1. The van der Waals surface area contributed by atoms with Crippen molar-refractivity contribution >= 4 is 0 Å². The number of aromatic nitrogens is 3. The molecule has 0 aliphatic carbocycles. The summed E-state index contributed by atoms with van der Waals surface area (Å²) in [7, 11) is 0. The molecule has 3 nitrogen and oxygen atoms in total. The number of hydrogen-bond acceptors (Lipinski definition) is 3. The molecule has 2 rings (SSSR count). The van der Waals surface area contributed by atoms with E-state index in [1.54, 1.807) is 6.33 Å². The fourth-order valence-electron chi connectivity index (χ4n) is 1.44. The Labute approximate surface area is 89.2 Å². The van der Waals surface area contributed by atoms with Gasteiger partial charge in [-0.05, 0) is 31.0 Å². The van der Waals surface area contributed by atoms with Crippen molar-refractivity contribution in [2.75, 3.05) is 0 Å². The minimum Gasteiger partial charge on any atom is -0.264 e. The van der Waals surface area contributed by atoms with Gasteiger partial charge in [0.05, 0.1) is 5.69 Å². The van der Waals surface area contributed by atoms with E-state index in [0.717, 1.165) is 28.9 Å². The molecule has 3 heteroatoms. The Bertz CT molecular complexity index is 466. The van der Waals surface area contributed by atoms with E-state index in [0.29, 0.717) is 0 Å². The van der Waals surface area contributed by atoms with Crippen LogP contribution in [-0.2, 0) is 6.42 Å². The summed E-state index contributed by atoms with van der Waals surface area (Å²) in [6, 6.07) is 4.09. The van der Waals surface area contributed by atoms with Gasteiger partial charge in [0.2, 0.25) is 0 Å². The van der Waals surface area contributed by atoms with Gasteiger partial charge < -0.3 is 0 Å². The monoisotopic (exact) mass is 199 g/mol. The highest BCUT2D eigenvalue weighted by molar-refractivity contribution is 5.58. The van der Waals surface area contributed by atoms with Crippen molar-refractivity contribution < 1.29 is 0 Å². The zero-order valence-electron chi connectivity index (χ0n) is 8.94. The van der Waals surface area contributed by atoms with Crippen LogP contribution in [0, 0.1) is 6.92 Å². The molecule has 0 radical (unpaired) electrons. The molecule has 0 atom stereocenters. The van der Waals surface area contributed by atoms with Gasteiger partial charge in [0.15, 0.2) is 0 Å². The average Bonchev–Trinajstić information content (AvgIpc) is 2.29. The summed E-state index contributed by atoms with van der Waals surface area (Å²) < 4.78 is 0. The molecular formula is C12H13N3. The lowest BCUT2D eigenvalue weighted by Gasteiger charge is -2.02. The number of hydrogen-bond donors (Lipinski definition) is 0. The van der Waals surface area contributed by atoms with E-state index in [4.69, 9.17) is 0 Å². The van der Waals surface area contributed by atoms with Crippen molar-refractivity contribution in [2.45, 2.75) is 20.3 Å². The molecule has 0 saturated carbocycles. The number of rotatable bonds is 2. The molecular weight excluding hydrogens is 186 g/mol. The molecule has 0 aliphatic heterocycles. The van der Waals surface area contributed by atoms with E-state index in [1.165, 1.54) is 0 Å².